The lowest BCUT2D eigenvalue weighted by molar-refractivity contribution is 0.0543. The fraction of sp³-hybridized carbons (Fsp3) is 0.333. The summed E-state index contributed by atoms with van der Waals surface area (Å²) in [7, 11) is 1.69. The Morgan fingerprint density at radius 3 is 2.63 bits per heavy atom. The zero-order valence-corrected chi connectivity index (χ0v) is 16.0. The average Bonchev–Trinajstić information content (AvgIpc) is 2.72. The molecular formula is C21H22ClN3O2. The first-order valence-corrected chi connectivity index (χ1v) is 9.44. The molecule has 4 rings (SSSR count). The topological polar surface area (TPSA) is 56.3 Å². The van der Waals surface area contributed by atoms with Crippen molar-refractivity contribution < 1.29 is 9.47 Å². The first-order chi connectivity index (χ1) is 13.2. The lowest BCUT2D eigenvalue weighted by atomic mass is 9.74. The van der Waals surface area contributed by atoms with Gasteiger partial charge in [-0.1, -0.05) is 23.7 Å². The zero-order chi connectivity index (χ0) is 18.7. The normalized spacial score (nSPS) is 16.2. The van der Waals surface area contributed by atoms with Crippen LogP contribution >= 0.6 is 11.6 Å². The third kappa shape index (κ3) is 3.70. The van der Waals surface area contributed by atoms with Crippen molar-refractivity contribution in [1.82, 2.24) is 9.97 Å². The van der Waals surface area contributed by atoms with Crippen molar-refractivity contribution in [2.75, 3.05) is 32.2 Å². The van der Waals surface area contributed by atoms with Crippen LogP contribution in [0, 0.1) is 0 Å². The molecule has 0 saturated carbocycles. The molecule has 0 aliphatic carbocycles. The third-order valence-corrected chi connectivity index (χ3v) is 5.58. The molecule has 0 atom stereocenters. The summed E-state index contributed by atoms with van der Waals surface area (Å²) in [6.45, 7) is 2.29. The molecule has 2 heterocycles. The molecule has 140 valence electrons. The van der Waals surface area contributed by atoms with Gasteiger partial charge in [-0.15, -0.1) is 0 Å². The Morgan fingerprint density at radius 2 is 1.89 bits per heavy atom. The van der Waals surface area contributed by atoms with Crippen LogP contribution in [0.3, 0.4) is 0 Å². The zero-order valence-electron chi connectivity index (χ0n) is 15.2. The van der Waals surface area contributed by atoms with Crippen molar-refractivity contribution in [1.29, 1.82) is 0 Å². The number of methoxy groups -OCH3 is 1. The van der Waals surface area contributed by atoms with Gasteiger partial charge in [0.15, 0.2) is 0 Å². The molecule has 1 N–H and O–H groups in total. The van der Waals surface area contributed by atoms with Gasteiger partial charge >= 0.3 is 0 Å². The van der Waals surface area contributed by atoms with Crippen molar-refractivity contribution in [3.8, 4) is 5.75 Å². The predicted octanol–water partition coefficient (Wildman–Crippen LogP) is 4.45. The number of anilines is 1. The minimum absolute atomic E-state index is 0.00573. The van der Waals surface area contributed by atoms with Crippen molar-refractivity contribution in [2.24, 2.45) is 0 Å². The van der Waals surface area contributed by atoms with Gasteiger partial charge in [0, 0.05) is 35.6 Å². The lowest BCUT2D eigenvalue weighted by Gasteiger charge is -2.38. The highest BCUT2D eigenvalue weighted by atomic mass is 35.5. The molecule has 27 heavy (non-hydrogen) atoms. The first kappa shape index (κ1) is 18.0. The Labute approximate surface area is 163 Å². The monoisotopic (exact) mass is 383 g/mol. The summed E-state index contributed by atoms with van der Waals surface area (Å²) in [6.07, 6.45) is 3.49. The summed E-state index contributed by atoms with van der Waals surface area (Å²) in [5.74, 6) is 1.70. The van der Waals surface area contributed by atoms with Gasteiger partial charge in [0.25, 0.3) is 0 Å². The molecule has 1 aliphatic rings. The van der Waals surface area contributed by atoms with Crippen molar-refractivity contribution in [3.63, 3.8) is 0 Å². The summed E-state index contributed by atoms with van der Waals surface area (Å²) in [5.41, 5.74) is 2.12. The first-order valence-electron chi connectivity index (χ1n) is 9.07. The number of halogens is 1. The van der Waals surface area contributed by atoms with Crippen LogP contribution in [0.4, 0.5) is 5.82 Å². The lowest BCUT2D eigenvalue weighted by Crippen LogP contribution is -2.40. The van der Waals surface area contributed by atoms with Crippen LogP contribution < -0.4 is 10.1 Å². The number of rotatable bonds is 5. The summed E-state index contributed by atoms with van der Waals surface area (Å²) in [5, 5.41) is 5.21. The Balaban J connectivity index is 1.63. The Kier molecular flexibility index (Phi) is 5.14. The predicted molar refractivity (Wildman–Crippen MR) is 108 cm³/mol. The maximum Gasteiger partial charge on any atom is 0.137 e. The van der Waals surface area contributed by atoms with Crippen LogP contribution in [0.25, 0.3) is 10.9 Å². The molecule has 0 radical (unpaired) electrons. The van der Waals surface area contributed by atoms with E-state index in [0.29, 0.717) is 5.02 Å². The molecule has 6 heteroatoms. The molecule has 0 unspecified atom stereocenters. The molecule has 0 bridgehead atoms. The third-order valence-electron chi connectivity index (χ3n) is 5.35. The number of aromatic nitrogens is 2. The van der Waals surface area contributed by atoms with E-state index < -0.39 is 0 Å². The molecule has 1 aromatic heterocycles. The van der Waals surface area contributed by atoms with E-state index in [-0.39, 0.29) is 5.41 Å². The number of nitrogens with one attached hydrogen (secondary N) is 1. The molecular weight excluding hydrogens is 362 g/mol. The molecule has 5 nitrogen and oxygen atoms in total. The minimum Gasteiger partial charge on any atom is -0.497 e. The number of fused-ring (bicyclic) bond motifs is 1. The number of ether oxygens (including phenoxy) is 2. The van der Waals surface area contributed by atoms with Crippen LogP contribution in [0.5, 0.6) is 5.75 Å². The van der Waals surface area contributed by atoms with E-state index in [1.165, 1.54) is 5.56 Å². The van der Waals surface area contributed by atoms with E-state index in [1.54, 1.807) is 13.4 Å². The number of benzene rings is 2. The van der Waals surface area contributed by atoms with Crippen LogP contribution in [-0.4, -0.2) is 36.8 Å². The molecule has 1 aliphatic heterocycles. The van der Waals surface area contributed by atoms with Gasteiger partial charge in [0.1, 0.15) is 17.9 Å². The summed E-state index contributed by atoms with van der Waals surface area (Å²) < 4.78 is 10.9. The molecule has 2 aromatic carbocycles. The summed E-state index contributed by atoms with van der Waals surface area (Å²) in [6, 6.07) is 14.0. The van der Waals surface area contributed by atoms with Crippen LogP contribution in [-0.2, 0) is 10.2 Å². The number of hydrogen-bond donors (Lipinski definition) is 1. The number of hydrogen-bond acceptors (Lipinski definition) is 5. The van der Waals surface area contributed by atoms with Gasteiger partial charge < -0.3 is 14.8 Å². The van der Waals surface area contributed by atoms with Gasteiger partial charge in [-0.3, -0.25) is 0 Å². The van der Waals surface area contributed by atoms with Crippen LogP contribution in [0.1, 0.15) is 18.4 Å². The van der Waals surface area contributed by atoms with Gasteiger partial charge in [-0.05, 0) is 48.7 Å². The van der Waals surface area contributed by atoms with E-state index in [1.807, 2.05) is 30.3 Å². The Bertz CT molecular complexity index is 924. The van der Waals surface area contributed by atoms with Crippen molar-refractivity contribution >= 4 is 28.3 Å². The largest absolute Gasteiger partial charge is 0.497 e. The quantitative estimate of drug-likeness (QED) is 0.705. The van der Waals surface area contributed by atoms with Crippen LogP contribution in [0.15, 0.2) is 48.8 Å². The highest BCUT2D eigenvalue weighted by Crippen LogP contribution is 2.36. The second-order valence-electron chi connectivity index (χ2n) is 6.86. The maximum atomic E-state index is 6.09. The van der Waals surface area contributed by atoms with Gasteiger partial charge in [0.2, 0.25) is 0 Å². The summed E-state index contributed by atoms with van der Waals surface area (Å²) >= 11 is 6.09. The number of nitrogens with zero attached hydrogens (tertiary/aromatic N) is 2. The molecule has 1 fully saturated rings. The minimum atomic E-state index is -0.00573. The average molecular weight is 384 g/mol. The second-order valence-corrected chi connectivity index (χ2v) is 7.29. The van der Waals surface area contributed by atoms with E-state index in [0.717, 1.165) is 55.1 Å². The fourth-order valence-electron chi connectivity index (χ4n) is 3.70. The fourth-order valence-corrected chi connectivity index (χ4v) is 3.86. The van der Waals surface area contributed by atoms with Crippen molar-refractivity contribution in [3.05, 3.63) is 59.4 Å². The SMILES string of the molecule is COc1ccc(C2(CNc3ncnc4cc(Cl)ccc34)CCOCC2)cc1. The summed E-state index contributed by atoms with van der Waals surface area (Å²) in [4.78, 5) is 8.78. The highest BCUT2D eigenvalue weighted by Gasteiger charge is 2.34. The molecule has 0 spiro atoms. The molecule has 1 saturated heterocycles. The standard InChI is InChI=1S/C21H22ClN3O2/c1-26-17-5-2-15(3-6-17)21(8-10-27-11-9-21)13-23-20-18-7-4-16(22)12-19(18)24-14-25-20/h2-7,12,14H,8-11,13H2,1H3,(H,23,24,25). The van der Waals surface area contributed by atoms with Gasteiger partial charge in [0.05, 0.1) is 12.6 Å². The Hall–Kier alpha value is -2.37. The van der Waals surface area contributed by atoms with E-state index >= 15 is 0 Å². The van der Waals surface area contributed by atoms with Gasteiger partial charge in [-0.25, -0.2) is 9.97 Å². The highest BCUT2D eigenvalue weighted by molar-refractivity contribution is 6.31. The second kappa shape index (κ2) is 7.71. The van der Waals surface area contributed by atoms with E-state index in [2.05, 4.69) is 27.4 Å². The van der Waals surface area contributed by atoms with E-state index in [9.17, 15) is 0 Å². The van der Waals surface area contributed by atoms with E-state index in [4.69, 9.17) is 21.1 Å². The van der Waals surface area contributed by atoms with Crippen molar-refractivity contribution in [2.45, 2.75) is 18.3 Å². The smallest absolute Gasteiger partial charge is 0.137 e. The van der Waals surface area contributed by atoms with Crippen LogP contribution in [0.2, 0.25) is 5.02 Å². The Morgan fingerprint density at radius 1 is 1.11 bits per heavy atom. The maximum absolute atomic E-state index is 6.09. The van der Waals surface area contributed by atoms with Gasteiger partial charge in [-0.2, -0.15) is 0 Å². The molecule has 3 aromatic rings. The molecule has 0 amide bonds.